The molecule has 0 amide bonds. The highest BCUT2D eigenvalue weighted by atomic mass is 35.5. The lowest BCUT2D eigenvalue weighted by atomic mass is 10.0. The van der Waals surface area contributed by atoms with Crippen LogP contribution in [0.3, 0.4) is 0 Å². The second-order valence-electron chi connectivity index (χ2n) is 2.97. The first-order valence-corrected chi connectivity index (χ1v) is 4.88. The van der Waals surface area contributed by atoms with Crippen molar-refractivity contribution < 1.29 is 9.13 Å². The monoisotopic (exact) mass is 215 g/mol. The summed E-state index contributed by atoms with van der Waals surface area (Å²) in [5.41, 5.74) is 0.793. The number of hydrogen-bond acceptors (Lipinski definition) is 1. The molecule has 0 heterocycles. The summed E-state index contributed by atoms with van der Waals surface area (Å²) in [5.74, 6) is 0.271. The summed E-state index contributed by atoms with van der Waals surface area (Å²) in [5, 5.41) is 0.506. The molecule has 77 valence electrons. The number of alkyl halides is 1. The van der Waals surface area contributed by atoms with Crippen LogP contribution >= 0.6 is 11.6 Å². The molecular weight excluding hydrogens is 203 g/mol. The molecule has 0 aliphatic rings. The van der Waals surface area contributed by atoms with E-state index in [0.717, 1.165) is 5.56 Å². The zero-order valence-corrected chi connectivity index (χ0v) is 8.85. The topological polar surface area (TPSA) is 9.23 Å². The normalized spacial score (nSPS) is 12.6. The predicted molar refractivity (Wildman–Crippen MR) is 56.7 cm³/mol. The van der Waals surface area contributed by atoms with Crippen LogP contribution in [-0.2, 0) is 0 Å². The Balaban J connectivity index is 2.88. The molecule has 1 aromatic carbocycles. The van der Waals surface area contributed by atoms with Gasteiger partial charge >= 0.3 is 0 Å². The van der Waals surface area contributed by atoms with Crippen LogP contribution in [0.15, 0.2) is 18.2 Å². The highest BCUT2D eigenvalue weighted by molar-refractivity contribution is 6.32. The lowest BCUT2D eigenvalue weighted by molar-refractivity contribution is 0.340. The first-order chi connectivity index (χ1) is 6.69. The number of rotatable bonds is 4. The van der Waals surface area contributed by atoms with E-state index in [9.17, 15) is 4.39 Å². The summed E-state index contributed by atoms with van der Waals surface area (Å²) < 4.78 is 17.6. The molecule has 0 spiro atoms. The Morgan fingerprint density at radius 2 is 2.29 bits per heavy atom. The van der Waals surface area contributed by atoms with Gasteiger partial charge in [0, 0.05) is 5.92 Å². The SMILES string of the molecule is [CH2]C(CF)c1ccc(OCC)c(Cl)c1. The highest BCUT2D eigenvalue weighted by Crippen LogP contribution is 2.28. The molecule has 3 heteroatoms. The smallest absolute Gasteiger partial charge is 0.137 e. The molecule has 1 aromatic rings. The second-order valence-corrected chi connectivity index (χ2v) is 3.38. The van der Waals surface area contributed by atoms with Crippen molar-refractivity contribution in [2.24, 2.45) is 0 Å². The van der Waals surface area contributed by atoms with Crippen molar-refractivity contribution in [1.29, 1.82) is 0 Å². The van der Waals surface area contributed by atoms with Crippen molar-refractivity contribution in [3.05, 3.63) is 35.7 Å². The lowest BCUT2D eigenvalue weighted by Crippen LogP contribution is -1.97. The van der Waals surface area contributed by atoms with Gasteiger partial charge in [-0.15, -0.1) is 0 Å². The third-order valence-corrected chi connectivity index (χ3v) is 2.21. The van der Waals surface area contributed by atoms with Crippen LogP contribution < -0.4 is 4.74 Å². The first-order valence-electron chi connectivity index (χ1n) is 4.50. The Bertz CT molecular complexity index is 301. The van der Waals surface area contributed by atoms with E-state index in [1.54, 1.807) is 18.2 Å². The van der Waals surface area contributed by atoms with Crippen LogP contribution in [0.2, 0.25) is 5.02 Å². The van der Waals surface area contributed by atoms with Crippen molar-refractivity contribution in [3.8, 4) is 5.75 Å². The summed E-state index contributed by atoms with van der Waals surface area (Å²) in [6, 6.07) is 5.23. The minimum atomic E-state index is -0.482. The molecule has 0 fully saturated rings. The largest absolute Gasteiger partial charge is 0.492 e. The summed E-state index contributed by atoms with van der Waals surface area (Å²) in [7, 11) is 0. The van der Waals surface area contributed by atoms with Gasteiger partial charge in [-0.25, -0.2) is 0 Å². The molecule has 1 nitrogen and oxygen atoms in total. The Kier molecular flexibility index (Phi) is 4.21. The predicted octanol–water partition coefficient (Wildman–Crippen LogP) is 3.63. The van der Waals surface area contributed by atoms with Crippen molar-refractivity contribution in [2.75, 3.05) is 13.3 Å². The van der Waals surface area contributed by atoms with Crippen LogP contribution in [0.25, 0.3) is 0 Å². The third-order valence-electron chi connectivity index (χ3n) is 1.91. The van der Waals surface area contributed by atoms with Gasteiger partial charge in [0.05, 0.1) is 18.3 Å². The molecule has 0 N–H and O–H groups in total. The lowest BCUT2D eigenvalue weighted by Gasteiger charge is -2.10. The van der Waals surface area contributed by atoms with E-state index in [1.165, 1.54) is 0 Å². The molecule has 1 atom stereocenters. The van der Waals surface area contributed by atoms with Gasteiger partial charge in [-0.3, -0.25) is 4.39 Å². The maximum Gasteiger partial charge on any atom is 0.137 e. The van der Waals surface area contributed by atoms with E-state index in [-0.39, 0.29) is 5.92 Å². The zero-order valence-electron chi connectivity index (χ0n) is 8.09. The average molecular weight is 216 g/mol. The van der Waals surface area contributed by atoms with Gasteiger partial charge in [-0.1, -0.05) is 17.7 Å². The molecule has 0 saturated heterocycles. The molecule has 14 heavy (non-hydrogen) atoms. The van der Waals surface area contributed by atoms with E-state index < -0.39 is 6.67 Å². The minimum absolute atomic E-state index is 0.358. The van der Waals surface area contributed by atoms with Gasteiger partial charge in [0.1, 0.15) is 5.75 Å². The molecule has 0 aliphatic heterocycles. The van der Waals surface area contributed by atoms with Crippen LogP contribution in [-0.4, -0.2) is 13.3 Å². The Morgan fingerprint density at radius 1 is 1.57 bits per heavy atom. The molecule has 0 aromatic heterocycles. The molecular formula is C11H13ClFO. The maximum absolute atomic E-state index is 12.3. The van der Waals surface area contributed by atoms with Gasteiger partial charge < -0.3 is 4.74 Å². The molecule has 1 rings (SSSR count). The van der Waals surface area contributed by atoms with E-state index in [0.29, 0.717) is 17.4 Å². The number of benzene rings is 1. The average Bonchev–Trinajstić information content (AvgIpc) is 2.20. The van der Waals surface area contributed by atoms with E-state index in [2.05, 4.69) is 6.92 Å². The molecule has 0 bridgehead atoms. The Morgan fingerprint density at radius 3 is 2.79 bits per heavy atom. The summed E-state index contributed by atoms with van der Waals surface area (Å²) in [6.07, 6.45) is 0. The highest BCUT2D eigenvalue weighted by Gasteiger charge is 2.08. The Labute approximate surface area is 88.8 Å². The zero-order chi connectivity index (χ0) is 10.6. The van der Waals surface area contributed by atoms with Gasteiger partial charge in [0.2, 0.25) is 0 Å². The van der Waals surface area contributed by atoms with Gasteiger partial charge in [-0.05, 0) is 31.5 Å². The fraction of sp³-hybridized carbons (Fsp3) is 0.364. The fourth-order valence-corrected chi connectivity index (χ4v) is 1.38. The summed E-state index contributed by atoms with van der Waals surface area (Å²) in [4.78, 5) is 0. The van der Waals surface area contributed by atoms with E-state index in [1.807, 2.05) is 6.92 Å². The standard InChI is InChI=1S/C11H13ClFO/c1-3-14-11-5-4-9(6-10(11)12)8(2)7-13/h4-6,8H,2-3,7H2,1H3. The first kappa shape index (κ1) is 11.3. The fourth-order valence-electron chi connectivity index (χ4n) is 1.13. The van der Waals surface area contributed by atoms with Gasteiger partial charge in [-0.2, -0.15) is 0 Å². The van der Waals surface area contributed by atoms with Crippen LogP contribution in [0.5, 0.6) is 5.75 Å². The Hall–Kier alpha value is -0.760. The van der Waals surface area contributed by atoms with E-state index >= 15 is 0 Å². The maximum atomic E-state index is 12.3. The molecule has 0 aliphatic carbocycles. The van der Waals surface area contributed by atoms with Crippen LogP contribution in [0.1, 0.15) is 18.4 Å². The third kappa shape index (κ3) is 2.61. The number of hydrogen-bond donors (Lipinski definition) is 0. The summed E-state index contributed by atoms with van der Waals surface area (Å²) >= 11 is 5.93. The van der Waals surface area contributed by atoms with Gasteiger partial charge in [0.25, 0.3) is 0 Å². The van der Waals surface area contributed by atoms with Crippen LogP contribution in [0.4, 0.5) is 4.39 Å². The quantitative estimate of drug-likeness (QED) is 0.746. The number of ether oxygens (including phenoxy) is 1. The van der Waals surface area contributed by atoms with Crippen molar-refractivity contribution in [2.45, 2.75) is 12.8 Å². The van der Waals surface area contributed by atoms with Crippen LogP contribution in [0, 0.1) is 6.92 Å². The molecule has 0 saturated carbocycles. The molecule has 1 radical (unpaired) electrons. The van der Waals surface area contributed by atoms with E-state index in [4.69, 9.17) is 16.3 Å². The number of halogens is 2. The van der Waals surface area contributed by atoms with Gasteiger partial charge in [0.15, 0.2) is 0 Å². The molecule has 1 unspecified atom stereocenters. The van der Waals surface area contributed by atoms with Crippen molar-refractivity contribution in [3.63, 3.8) is 0 Å². The minimum Gasteiger partial charge on any atom is -0.492 e. The second kappa shape index (κ2) is 5.20. The summed E-state index contributed by atoms with van der Waals surface area (Å²) in [6.45, 7) is 5.64. The van der Waals surface area contributed by atoms with Crippen molar-refractivity contribution in [1.82, 2.24) is 0 Å². The van der Waals surface area contributed by atoms with Crippen molar-refractivity contribution >= 4 is 11.6 Å².